The average Bonchev–Trinajstić information content (AvgIpc) is 2.38. The van der Waals surface area contributed by atoms with Gasteiger partial charge in [0.25, 0.3) is 0 Å². The molecular weight excluding hydrogens is 333 g/mol. The molecule has 1 aromatic carbocycles. The van der Waals surface area contributed by atoms with Gasteiger partial charge >= 0.3 is 6.18 Å². The average molecular weight is 351 g/mol. The van der Waals surface area contributed by atoms with Crippen molar-refractivity contribution in [3.05, 3.63) is 28.7 Å². The monoisotopic (exact) mass is 350 g/mol. The normalized spacial score (nSPS) is 25.2. The summed E-state index contributed by atoms with van der Waals surface area (Å²) in [5.74, 6) is -0.172. The minimum absolute atomic E-state index is 0.0570. The van der Waals surface area contributed by atoms with Gasteiger partial charge < -0.3 is 4.74 Å². The molecule has 0 heterocycles. The van der Waals surface area contributed by atoms with Crippen LogP contribution in [0.25, 0.3) is 0 Å². The van der Waals surface area contributed by atoms with Gasteiger partial charge in [-0.2, -0.15) is 13.2 Å². The molecule has 1 aliphatic rings. The first kappa shape index (κ1) is 15.7. The molecule has 20 heavy (non-hydrogen) atoms. The van der Waals surface area contributed by atoms with Gasteiger partial charge in [0.1, 0.15) is 5.75 Å². The maximum atomic E-state index is 12.6. The Balaban J connectivity index is 1.87. The Morgan fingerprint density at radius 2 is 1.85 bits per heavy atom. The summed E-state index contributed by atoms with van der Waals surface area (Å²) in [6.07, 6.45) is -2.49. The molecule has 0 unspecified atom stereocenters. The third kappa shape index (κ3) is 4.14. The zero-order valence-electron chi connectivity index (χ0n) is 11.3. The van der Waals surface area contributed by atoms with Crippen LogP contribution < -0.4 is 4.74 Å². The number of halogens is 4. The summed E-state index contributed by atoms with van der Waals surface area (Å²) < 4.78 is 44.7. The van der Waals surface area contributed by atoms with Gasteiger partial charge in [0.05, 0.1) is 12.0 Å². The molecule has 0 bridgehead atoms. The van der Waals surface area contributed by atoms with E-state index in [1.807, 2.05) is 31.2 Å². The third-order valence-electron chi connectivity index (χ3n) is 4.02. The molecule has 2 rings (SSSR count). The van der Waals surface area contributed by atoms with E-state index >= 15 is 0 Å². The minimum Gasteiger partial charge on any atom is -0.490 e. The van der Waals surface area contributed by atoms with Crippen LogP contribution in [-0.2, 0) is 0 Å². The van der Waals surface area contributed by atoms with E-state index < -0.39 is 12.1 Å². The van der Waals surface area contributed by atoms with Crippen molar-refractivity contribution in [2.75, 3.05) is 0 Å². The number of rotatable bonds is 3. The lowest BCUT2D eigenvalue weighted by molar-refractivity contribution is -0.185. The summed E-state index contributed by atoms with van der Waals surface area (Å²) in [4.78, 5) is 0. The SMILES string of the molecule is C[C@@H](Oc1cccc(Br)c1)C1CCC(C(F)(F)F)CC1. The van der Waals surface area contributed by atoms with Crippen LogP contribution in [-0.4, -0.2) is 12.3 Å². The molecule has 5 heteroatoms. The summed E-state index contributed by atoms with van der Waals surface area (Å²) in [6, 6.07) is 7.53. The number of ether oxygens (including phenoxy) is 1. The van der Waals surface area contributed by atoms with Crippen LogP contribution in [0.2, 0.25) is 0 Å². The molecule has 0 spiro atoms. The summed E-state index contributed by atoms with van der Waals surface area (Å²) in [7, 11) is 0. The predicted molar refractivity (Wildman–Crippen MR) is 75.7 cm³/mol. The van der Waals surface area contributed by atoms with Crippen molar-refractivity contribution in [2.45, 2.75) is 44.9 Å². The number of benzene rings is 1. The van der Waals surface area contributed by atoms with E-state index in [2.05, 4.69) is 15.9 Å². The summed E-state index contributed by atoms with van der Waals surface area (Å²) in [5.41, 5.74) is 0. The molecule has 1 atom stereocenters. The van der Waals surface area contributed by atoms with Crippen molar-refractivity contribution < 1.29 is 17.9 Å². The van der Waals surface area contributed by atoms with Gasteiger partial charge in [-0.3, -0.25) is 0 Å². The number of hydrogen-bond acceptors (Lipinski definition) is 1. The molecule has 0 amide bonds. The smallest absolute Gasteiger partial charge is 0.391 e. The highest BCUT2D eigenvalue weighted by atomic mass is 79.9. The Morgan fingerprint density at radius 3 is 2.40 bits per heavy atom. The van der Waals surface area contributed by atoms with Crippen LogP contribution >= 0.6 is 15.9 Å². The molecule has 1 saturated carbocycles. The first-order chi connectivity index (χ1) is 9.36. The molecule has 1 nitrogen and oxygen atoms in total. The Bertz CT molecular complexity index is 439. The van der Waals surface area contributed by atoms with E-state index in [0.29, 0.717) is 12.8 Å². The topological polar surface area (TPSA) is 9.23 Å². The highest BCUT2D eigenvalue weighted by Crippen LogP contribution is 2.40. The van der Waals surface area contributed by atoms with Crippen molar-refractivity contribution in [2.24, 2.45) is 11.8 Å². The Labute approximate surface area is 125 Å². The second kappa shape index (κ2) is 6.37. The van der Waals surface area contributed by atoms with Crippen molar-refractivity contribution in [1.29, 1.82) is 0 Å². The van der Waals surface area contributed by atoms with E-state index in [-0.39, 0.29) is 24.9 Å². The van der Waals surface area contributed by atoms with Crippen molar-refractivity contribution in [3.8, 4) is 5.75 Å². The first-order valence-corrected chi connectivity index (χ1v) is 7.64. The standard InChI is InChI=1S/C15H18BrF3O/c1-10(20-14-4-2-3-13(16)9-14)11-5-7-12(8-6-11)15(17,18)19/h2-4,9-12H,5-8H2,1H3/t10-,11?,12?/m1/s1. The molecule has 0 radical (unpaired) electrons. The Hall–Kier alpha value is -0.710. The van der Waals surface area contributed by atoms with Gasteiger partial charge in [-0.25, -0.2) is 0 Å². The Kier molecular flexibility index (Phi) is 4.99. The summed E-state index contributed by atoms with van der Waals surface area (Å²) in [5, 5.41) is 0. The second-order valence-corrected chi connectivity index (χ2v) is 6.35. The zero-order chi connectivity index (χ0) is 14.8. The van der Waals surface area contributed by atoms with Crippen LogP contribution in [0.3, 0.4) is 0 Å². The molecule has 1 aliphatic carbocycles. The van der Waals surface area contributed by atoms with E-state index in [4.69, 9.17) is 4.74 Å². The summed E-state index contributed by atoms with van der Waals surface area (Å²) >= 11 is 3.37. The van der Waals surface area contributed by atoms with Crippen molar-refractivity contribution in [1.82, 2.24) is 0 Å². The van der Waals surface area contributed by atoms with E-state index in [1.54, 1.807) is 0 Å². The van der Waals surface area contributed by atoms with Gasteiger partial charge in [0.2, 0.25) is 0 Å². The molecule has 0 N–H and O–H groups in total. The lowest BCUT2D eigenvalue weighted by Crippen LogP contribution is -2.33. The molecule has 0 saturated heterocycles. The predicted octanol–water partition coefficient (Wildman–Crippen LogP) is 5.59. The van der Waals surface area contributed by atoms with E-state index in [9.17, 15) is 13.2 Å². The van der Waals surface area contributed by atoms with E-state index in [0.717, 1.165) is 10.2 Å². The van der Waals surface area contributed by atoms with E-state index in [1.165, 1.54) is 0 Å². The highest BCUT2D eigenvalue weighted by molar-refractivity contribution is 9.10. The van der Waals surface area contributed by atoms with Gasteiger partial charge in [0, 0.05) is 4.47 Å². The highest BCUT2D eigenvalue weighted by Gasteiger charge is 2.42. The van der Waals surface area contributed by atoms with Crippen molar-refractivity contribution >= 4 is 15.9 Å². The second-order valence-electron chi connectivity index (χ2n) is 5.43. The summed E-state index contributed by atoms with van der Waals surface area (Å²) in [6.45, 7) is 1.94. The molecule has 1 aromatic rings. The maximum Gasteiger partial charge on any atom is 0.391 e. The van der Waals surface area contributed by atoms with Crippen LogP contribution in [0.5, 0.6) is 5.75 Å². The van der Waals surface area contributed by atoms with Crippen LogP contribution in [0.1, 0.15) is 32.6 Å². The molecule has 0 aromatic heterocycles. The Morgan fingerprint density at radius 1 is 1.20 bits per heavy atom. The van der Waals surface area contributed by atoms with Crippen LogP contribution in [0.15, 0.2) is 28.7 Å². The van der Waals surface area contributed by atoms with Gasteiger partial charge in [0.15, 0.2) is 0 Å². The number of hydrogen-bond donors (Lipinski definition) is 0. The molecule has 112 valence electrons. The maximum absolute atomic E-state index is 12.6. The lowest BCUT2D eigenvalue weighted by atomic mass is 9.79. The van der Waals surface area contributed by atoms with Crippen LogP contribution in [0, 0.1) is 11.8 Å². The fraction of sp³-hybridized carbons (Fsp3) is 0.600. The van der Waals surface area contributed by atoms with Gasteiger partial charge in [-0.05, 0) is 56.7 Å². The van der Waals surface area contributed by atoms with Gasteiger partial charge in [-0.15, -0.1) is 0 Å². The van der Waals surface area contributed by atoms with Crippen LogP contribution in [0.4, 0.5) is 13.2 Å². The third-order valence-corrected chi connectivity index (χ3v) is 4.51. The quantitative estimate of drug-likeness (QED) is 0.690. The number of alkyl halides is 3. The zero-order valence-corrected chi connectivity index (χ0v) is 12.9. The lowest BCUT2D eigenvalue weighted by Gasteiger charge is -2.33. The van der Waals surface area contributed by atoms with Gasteiger partial charge in [-0.1, -0.05) is 22.0 Å². The molecular formula is C15H18BrF3O. The first-order valence-electron chi connectivity index (χ1n) is 6.85. The minimum atomic E-state index is -4.04. The fourth-order valence-corrected chi connectivity index (χ4v) is 3.15. The molecule has 1 fully saturated rings. The largest absolute Gasteiger partial charge is 0.490 e. The van der Waals surface area contributed by atoms with Crippen molar-refractivity contribution in [3.63, 3.8) is 0 Å². The fourth-order valence-electron chi connectivity index (χ4n) is 2.77. The molecule has 0 aliphatic heterocycles.